The Balaban J connectivity index is 2.27. The Morgan fingerprint density at radius 2 is 2.00 bits per heavy atom. The molecule has 128 valence electrons. The molecule has 6 heteroatoms. The molecule has 1 rings (SSSR count). The lowest BCUT2D eigenvalue weighted by Crippen LogP contribution is -2.49. The highest BCUT2D eigenvalue weighted by Crippen LogP contribution is 2.18. The Kier molecular flexibility index (Phi) is 9.55. The van der Waals surface area contributed by atoms with E-state index in [0.29, 0.717) is 13.1 Å². The van der Waals surface area contributed by atoms with Crippen molar-refractivity contribution in [2.75, 3.05) is 31.6 Å². The van der Waals surface area contributed by atoms with E-state index in [1.165, 1.54) is 0 Å². The van der Waals surface area contributed by atoms with Crippen molar-refractivity contribution in [3.8, 4) is 0 Å². The van der Waals surface area contributed by atoms with Crippen molar-refractivity contribution in [1.29, 1.82) is 0 Å². The quantitative estimate of drug-likeness (QED) is 0.630. The molecule has 0 bridgehead atoms. The molecule has 1 heterocycles. The number of amides is 2. The maximum Gasteiger partial charge on any atom is 0.239 e. The van der Waals surface area contributed by atoms with Gasteiger partial charge in [-0.3, -0.25) is 9.59 Å². The van der Waals surface area contributed by atoms with E-state index in [4.69, 9.17) is 5.73 Å². The number of nitrogens with two attached hydrogens (primary N) is 1. The Morgan fingerprint density at radius 3 is 2.59 bits per heavy atom. The van der Waals surface area contributed by atoms with E-state index < -0.39 is 6.04 Å². The summed E-state index contributed by atoms with van der Waals surface area (Å²) in [6.45, 7) is 4.22. The number of hydrogen-bond acceptors (Lipinski definition) is 4. The fourth-order valence-corrected chi connectivity index (χ4v) is 3.19. The monoisotopic (exact) mass is 329 g/mol. The molecule has 0 aromatic carbocycles. The van der Waals surface area contributed by atoms with E-state index in [0.717, 1.165) is 50.8 Å². The molecule has 1 atom stereocenters. The van der Waals surface area contributed by atoms with Gasteiger partial charge >= 0.3 is 0 Å². The Hall–Kier alpha value is -0.750. The molecule has 22 heavy (non-hydrogen) atoms. The topological polar surface area (TPSA) is 75.4 Å². The lowest BCUT2D eigenvalue weighted by atomic mass is 9.95. The van der Waals surface area contributed by atoms with Crippen LogP contribution in [0.5, 0.6) is 0 Å². The molecule has 0 spiro atoms. The SMILES string of the molecule is CCCCCNC(=O)C1CCN(C(=O)[C@@H](N)CCSC)CC1. The Labute approximate surface area is 138 Å². The summed E-state index contributed by atoms with van der Waals surface area (Å²) in [5, 5.41) is 3.01. The molecule has 0 aliphatic carbocycles. The number of likely N-dealkylation sites (tertiary alicyclic amines) is 1. The van der Waals surface area contributed by atoms with Crippen LogP contribution in [0.4, 0.5) is 0 Å². The number of carbonyl (C=O) groups is 2. The van der Waals surface area contributed by atoms with Crippen molar-refractivity contribution in [3.05, 3.63) is 0 Å². The first-order valence-electron chi connectivity index (χ1n) is 8.41. The summed E-state index contributed by atoms with van der Waals surface area (Å²) in [6.07, 6.45) is 7.60. The predicted molar refractivity (Wildman–Crippen MR) is 92.8 cm³/mol. The summed E-state index contributed by atoms with van der Waals surface area (Å²) in [7, 11) is 0. The molecule has 0 unspecified atom stereocenters. The molecule has 2 amide bonds. The van der Waals surface area contributed by atoms with Crippen LogP contribution >= 0.6 is 11.8 Å². The normalized spacial score (nSPS) is 17.3. The number of carbonyl (C=O) groups excluding carboxylic acids is 2. The van der Waals surface area contributed by atoms with Gasteiger partial charge in [-0.2, -0.15) is 11.8 Å². The van der Waals surface area contributed by atoms with Crippen LogP contribution in [-0.2, 0) is 9.59 Å². The van der Waals surface area contributed by atoms with Crippen LogP contribution in [0.15, 0.2) is 0 Å². The first-order chi connectivity index (χ1) is 10.6. The molecule has 0 saturated carbocycles. The fraction of sp³-hybridized carbons (Fsp3) is 0.875. The number of unbranched alkanes of at least 4 members (excludes halogenated alkanes) is 2. The molecule has 0 radical (unpaired) electrons. The zero-order valence-corrected chi connectivity index (χ0v) is 14.8. The molecule has 1 fully saturated rings. The Bertz CT molecular complexity index is 344. The maximum absolute atomic E-state index is 12.2. The van der Waals surface area contributed by atoms with Crippen molar-refractivity contribution in [1.82, 2.24) is 10.2 Å². The zero-order valence-electron chi connectivity index (χ0n) is 14.0. The van der Waals surface area contributed by atoms with Gasteiger partial charge in [-0.15, -0.1) is 0 Å². The third-order valence-corrected chi connectivity index (χ3v) is 4.85. The van der Waals surface area contributed by atoms with Crippen molar-refractivity contribution < 1.29 is 9.59 Å². The van der Waals surface area contributed by atoms with Crippen LogP contribution in [0.1, 0.15) is 45.4 Å². The molecule has 3 N–H and O–H groups in total. The molecule has 0 aromatic heterocycles. The number of thioether (sulfide) groups is 1. The van der Waals surface area contributed by atoms with Gasteiger partial charge in [-0.1, -0.05) is 19.8 Å². The first kappa shape index (κ1) is 19.3. The van der Waals surface area contributed by atoms with Gasteiger partial charge in [-0.25, -0.2) is 0 Å². The molecular formula is C16H31N3O2S. The lowest BCUT2D eigenvalue weighted by molar-refractivity contribution is -0.136. The van der Waals surface area contributed by atoms with Crippen LogP contribution in [0, 0.1) is 5.92 Å². The van der Waals surface area contributed by atoms with Crippen molar-refractivity contribution >= 4 is 23.6 Å². The highest BCUT2D eigenvalue weighted by molar-refractivity contribution is 7.98. The van der Waals surface area contributed by atoms with E-state index in [1.54, 1.807) is 11.8 Å². The van der Waals surface area contributed by atoms with E-state index in [2.05, 4.69) is 12.2 Å². The van der Waals surface area contributed by atoms with Crippen LogP contribution in [0.2, 0.25) is 0 Å². The molecule has 1 aliphatic rings. The van der Waals surface area contributed by atoms with Crippen LogP contribution in [-0.4, -0.2) is 54.4 Å². The van der Waals surface area contributed by atoms with Gasteiger partial charge in [0.25, 0.3) is 0 Å². The van der Waals surface area contributed by atoms with Gasteiger partial charge in [0.1, 0.15) is 0 Å². The largest absolute Gasteiger partial charge is 0.356 e. The number of rotatable bonds is 9. The lowest BCUT2D eigenvalue weighted by Gasteiger charge is -2.33. The fourth-order valence-electron chi connectivity index (χ4n) is 2.70. The average Bonchev–Trinajstić information content (AvgIpc) is 2.55. The summed E-state index contributed by atoms with van der Waals surface area (Å²) in [4.78, 5) is 26.1. The van der Waals surface area contributed by atoms with Crippen LogP contribution in [0.25, 0.3) is 0 Å². The van der Waals surface area contributed by atoms with Gasteiger partial charge in [0.2, 0.25) is 11.8 Å². The standard InChI is InChI=1S/C16H31N3O2S/c1-3-4-5-9-18-15(20)13-6-10-19(11-7-13)16(21)14(17)8-12-22-2/h13-14H,3-12,17H2,1-2H3,(H,18,20)/t14-/m0/s1. The third-order valence-electron chi connectivity index (χ3n) is 4.21. The predicted octanol–water partition coefficient (Wildman–Crippen LogP) is 1.61. The molecule has 1 saturated heterocycles. The van der Waals surface area contributed by atoms with Crippen molar-refractivity contribution in [2.45, 2.75) is 51.5 Å². The second kappa shape index (κ2) is 10.9. The van der Waals surface area contributed by atoms with E-state index in [9.17, 15) is 9.59 Å². The minimum Gasteiger partial charge on any atom is -0.356 e. The van der Waals surface area contributed by atoms with Crippen LogP contribution < -0.4 is 11.1 Å². The zero-order chi connectivity index (χ0) is 16.4. The molecular weight excluding hydrogens is 298 g/mol. The minimum atomic E-state index is -0.396. The maximum atomic E-state index is 12.2. The number of nitrogens with one attached hydrogen (secondary N) is 1. The van der Waals surface area contributed by atoms with Crippen molar-refractivity contribution in [3.63, 3.8) is 0 Å². The van der Waals surface area contributed by atoms with E-state index >= 15 is 0 Å². The van der Waals surface area contributed by atoms with Crippen molar-refractivity contribution in [2.24, 2.45) is 11.7 Å². The number of nitrogens with zero attached hydrogens (tertiary/aromatic N) is 1. The average molecular weight is 330 g/mol. The summed E-state index contributed by atoms with van der Waals surface area (Å²) in [5.74, 6) is 1.14. The number of piperidine rings is 1. The summed E-state index contributed by atoms with van der Waals surface area (Å²) in [5.41, 5.74) is 5.94. The van der Waals surface area contributed by atoms with Crippen LogP contribution in [0.3, 0.4) is 0 Å². The van der Waals surface area contributed by atoms with E-state index in [-0.39, 0.29) is 17.7 Å². The first-order valence-corrected chi connectivity index (χ1v) is 9.80. The van der Waals surface area contributed by atoms with Gasteiger partial charge in [0, 0.05) is 25.6 Å². The van der Waals surface area contributed by atoms with Gasteiger partial charge in [0.05, 0.1) is 6.04 Å². The highest BCUT2D eigenvalue weighted by atomic mass is 32.2. The number of hydrogen-bond donors (Lipinski definition) is 2. The summed E-state index contributed by atoms with van der Waals surface area (Å²) < 4.78 is 0. The highest BCUT2D eigenvalue weighted by Gasteiger charge is 2.29. The molecule has 1 aliphatic heterocycles. The minimum absolute atomic E-state index is 0.0378. The smallest absolute Gasteiger partial charge is 0.239 e. The Morgan fingerprint density at radius 1 is 1.32 bits per heavy atom. The van der Waals surface area contributed by atoms with Gasteiger partial charge in [-0.05, 0) is 37.7 Å². The van der Waals surface area contributed by atoms with Gasteiger partial charge in [0.15, 0.2) is 0 Å². The third kappa shape index (κ3) is 6.57. The molecule has 5 nitrogen and oxygen atoms in total. The summed E-state index contributed by atoms with van der Waals surface area (Å²) in [6, 6.07) is -0.396. The summed E-state index contributed by atoms with van der Waals surface area (Å²) >= 11 is 1.71. The van der Waals surface area contributed by atoms with E-state index in [1.807, 2.05) is 11.2 Å². The second-order valence-electron chi connectivity index (χ2n) is 5.99. The second-order valence-corrected chi connectivity index (χ2v) is 6.97. The molecule has 0 aromatic rings. The van der Waals surface area contributed by atoms with Gasteiger partial charge < -0.3 is 16.0 Å².